The molecule has 4 rings (SSSR count). The Labute approximate surface area is 213 Å². The van der Waals surface area contributed by atoms with Gasteiger partial charge in [-0.1, -0.05) is 67.9 Å². The molecule has 3 aromatic carbocycles. The van der Waals surface area contributed by atoms with Crippen molar-refractivity contribution in [3.05, 3.63) is 77.4 Å². The molecule has 1 heterocycles. The average molecular weight is 486 g/mol. The molecule has 188 valence electrons. The number of carbonyl (C=O) groups is 3. The molecule has 0 bridgehead atoms. The van der Waals surface area contributed by atoms with E-state index < -0.39 is 6.04 Å². The number of benzene rings is 3. The lowest BCUT2D eigenvalue weighted by atomic mass is 10.1. The van der Waals surface area contributed by atoms with E-state index >= 15 is 0 Å². The molecule has 3 amide bonds. The summed E-state index contributed by atoms with van der Waals surface area (Å²) in [4.78, 5) is 43.0. The van der Waals surface area contributed by atoms with Gasteiger partial charge in [-0.05, 0) is 49.3 Å². The van der Waals surface area contributed by atoms with Gasteiger partial charge < -0.3 is 15.1 Å². The van der Waals surface area contributed by atoms with Crippen LogP contribution in [0.25, 0.3) is 10.8 Å². The number of aryl methyl sites for hydroxylation is 1. The Morgan fingerprint density at radius 3 is 2.50 bits per heavy atom. The van der Waals surface area contributed by atoms with Crippen molar-refractivity contribution < 1.29 is 14.4 Å². The Morgan fingerprint density at radius 2 is 1.78 bits per heavy atom. The summed E-state index contributed by atoms with van der Waals surface area (Å²) in [5.41, 5.74) is 3.74. The quantitative estimate of drug-likeness (QED) is 0.405. The van der Waals surface area contributed by atoms with Gasteiger partial charge in [-0.2, -0.15) is 0 Å². The van der Waals surface area contributed by atoms with Crippen molar-refractivity contribution in [1.29, 1.82) is 0 Å². The molecule has 0 unspecified atom stereocenters. The molecule has 0 spiro atoms. The van der Waals surface area contributed by atoms with Crippen molar-refractivity contribution in [3.8, 4) is 0 Å². The van der Waals surface area contributed by atoms with Gasteiger partial charge in [0.15, 0.2) is 0 Å². The molecule has 1 aliphatic rings. The maximum Gasteiger partial charge on any atom is 0.258 e. The molecule has 36 heavy (non-hydrogen) atoms. The molecule has 1 atom stereocenters. The van der Waals surface area contributed by atoms with Gasteiger partial charge in [0.2, 0.25) is 11.8 Å². The van der Waals surface area contributed by atoms with Crippen molar-refractivity contribution in [1.82, 2.24) is 10.2 Å². The second-order valence-corrected chi connectivity index (χ2v) is 9.47. The number of nitrogens with one attached hydrogen (secondary N) is 1. The van der Waals surface area contributed by atoms with E-state index in [9.17, 15) is 14.4 Å². The third-order valence-corrected chi connectivity index (χ3v) is 6.79. The third-order valence-electron chi connectivity index (χ3n) is 6.79. The second kappa shape index (κ2) is 11.4. The van der Waals surface area contributed by atoms with Gasteiger partial charge in [0.05, 0.1) is 5.69 Å². The molecule has 0 fully saturated rings. The Morgan fingerprint density at radius 1 is 1.03 bits per heavy atom. The van der Waals surface area contributed by atoms with Crippen molar-refractivity contribution in [2.45, 2.75) is 59.0 Å². The van der Waals surface area contributed by atoms with Crippen molar-refractivity contribution in [3.63, 3.8) is 0 Å². The highest BCUT2D eigenvalue weighted by Gasteiger charge is 2.31. The van der Waals surface area contributed by atoms with Crippen LogP contribution in [0.3, 0.4) is 0 Å². The van der Waals surface area contributed by atoms with Crippen LogP contribution in [0, 0.1) is 6.92 Å². The zero-order chi connectivity index (χ0) is 25.7. The summed E-state index contributed by atoms with van der Waals surface area (Å²) in [7, 11) is 0. The van der Waals surface area contributed by atoms with Crippen LogP contribution < -0.4 is 10.2 Å². The Kier molecular flexibility index (Phi) is 8.04. The van der Waals surface area contributed by atoms with Gasteiger partial charge in [-0.15, -0.1) is 0 Å². The molecule has 0 aromatic heterocycles. The standard InChI is InChI=1S/C30H35N3O3/c1-4-17-31-29(35)25(5-2)33(20-22-11-6-10-21(3)19-22)27(34)16-9-18-32-26-15-8-13-23-12-7-14-24(28(23)26)30(32)36/h6-8,10-15,19,25H,4-5,9,16-18,20H2,1-3H3,(H,31,35)/t25-/m1/s1. The fourth-order valence-corrected chi connectivity index (χ4v) is 5.03. The van der Waals surface area contributed by atoms with Crippen LogP contribution in [0.4, 0.5) is 5.69 Å². The van der Waals surface area contributed by atoms with Crippen molar-refractivity contribution in [2.75, 3.05) is 18.0 Å². The molecule has 1 N–H and O–H groups in total. The van der Waals surface area contributed by atoms with E-state index in [0.29, 0.717) is 38.0 Å². The minimum atomic E-state index is -0.531. The predicted octanol–water partition coefficient (Wildman–Crippen LogP) is 5.22. The molecule has 0 saturated heterocycles. The molecular formula is C30H35N3O3. The molecule has 3 aromatic rings. The average Bonchev–Trinajstić information content (AvgIpc) is 3.15. The summed E-state index contributed by atoms with van der Waals surface area (Å²) >= 11 is 0. The number of nitrogens with zero attached hydrogens (tertiary/aromatic N) is 2. The van der Waals surface area contributed by atoms with Gasteiger partial charge in [0, 0.05) is 37.0 Å². The molecular weight excluding hydrogens is 450 g/mol. The number of carbonyl (C=O) groups excluding carboxylic acids is 3. The van der Waals surface area contributed by atoms with Crippen LogP contribution >= 0.6 is 0 Å². The summed E-state index contributed by atoms with van der Waals surface area (Å²) in [5.74, 6) is -0.203. The van der Waals surface area contributed by atoms with Crippen LogP contribution in [0.1, 0.15) is 61.0 Å². The van der Waals surface area contributed by atoms with Crippen LogP contribution in [0.2, 0.25) is 0 Å². The summed E-state index contributed by atoms with van der Waals surface area (Å²) in [6.07, 6.45) is 2.16. The predicted molar refractivity (Wildman–Crippen MR) is 144 cm³/mol. The Bertz CT molecular complexity index is 1260. The first-order chi connectivity index (χ1) is 17.4. The summed E-state index contributed by atoms with van der Waals surface area (Å²) in [6, 6.07) is 19.2. The molecule has 0 saturated carbocycles. The minimum absolute atomic E-state index is 0.0174. The van der Waals surface area contributed by atoms with E-state index in [4.69, 9.17) is 0 Å². The molecule has 1 aliphatic heterocycles. The van der Waals surface area contributed by atoms with Crippen molar-refractivity contribution >= 4 is 34.2 Å². The molecule has 0 radical (unpaired) electrons. The van der Waals surface area contributed by atoms with E-state index in [1.54, 1.807) is 9.80 Å². The van der Waals surface area contributed by atoms with E-state index in [2.05, 4.69) is 11.4 Å². The normalized spacial score (nSPS) is 13.2. The van der Waals surface area contributed by atoms with Crippen LogP contribution in [0.15, 0.2) is 60.7 Å². The van der Waals surface area contributed by atoms with Crippen LogP contribution in [0.5, 0.6) is 0 Å². The summed E-state index contributed by atoms with van der Waals surface area (Å²) in [5, 5.41) is 4.99. The molecule has 6 nitrogen and oxygen atoms in total. The second-order valence-electron chi connectivity index (χ2n) is 9.47. The topological polar surface area (TPSA) is 69.7 Å². The zero-order valence-electron chi connectivity index (χ0n) is 21.4. The van der Waals surface area contributed by atoms with Crippen molar-refractivity contribution in [2.24, 2.45) is 0 Å². The zero-order valence-corrected chi connectivity index (χ0v) is 21.4. The number of amides is 3. The highest BCUT2D eigenvalue weighted by molar-refractivity contribution is 6.25. The first-order valence-corrected chi connectivity index (χ1v) is 12.9. The highest BCUT2D eigenvalue weighted by atomic mass is 16.2. The highest BCUT2D eigenvalue weighted by Crippen LogP contribution is 2.37. The number of anilines is 1. The number of hydrogen-bond acceptors (Lipinski definition) is 3. The van der Waals surface area contributed by atoms with Crippen LogP contribution in [-0.2, 0) is 16.1 Å². The summed E-state index contributed by atoms with van der Waals surface area (Å²) < 4.78 is 0. The SMILES string of the molecule is CCCNC(=O)[C@@H](CC)N(Cc1cccc(C)c1)C(=O)CCCN1C(=O)c2cccc3cccc1c23. The Hall–Kier alpha value is -3.67. The maximum absolute atomic E-state index is 13.5. The largest absolute Gasteiger partial charge is 0.354 e. The van der Waals surface area contributed by atoms with Gasteiger partial charge in [-0.25, -0.2) is 0 Å². The monoisotopic (exact) mass is 485 g/mol. The van der Waals surface area contributed by atoms with Gasteiger partial charge in [-0.3, -0.25) is 14.4 Å². The third kappa shape index (κ3) is 5.27. The lowest BCUT2D eigenvalue weighted by Crippen LogP contribution is -2.49. The van der Waals surface area contributed by atoms with E-state index in [1.165, 1.54) is 0 Å². The lowest BCUT2D eigenvalue weighted by Gasteiger charge is -2.31. The van der Waals surface area contributed by atoms with Gasteiger partial charge in [0.1, 0.15) is 6.04 Å². The maximum atomic E-state index is 13.5. The van der Waals surface area contributed by atoms with E-state index in [1.807, 2.05) is 75.4 Å². The fourth-order valence-electron chi connectivity index (χ4n) is 5.03. The lowest BCUT2D eigenvalue weighted by molar-refractivity contribution is -0.141. The van der Waals surface area contributed by atoms with Crippen LogP contribution in [-0.4, -0.2) is 41.8 Å². The number of rotatable bonds is 11. The van der Waals surface area contributed by atoms with E-state index in [0.717, 1.165) is 34.0 Å². The van der Waals surface area contributed by atoms with Gasteiger partial charge in [0.25, 0.3) is 5.91 Å². The summed E-state index contributed by atoms with van der Waals surface area (Å²) in [6.45, 7) is 7.39. The fraction of sp³-hybridized carbons (Fsp3) is 0.367. The minimum Gasteiger partial charge on any atom is -0.354 e. The smallest absolute Gasteiger partial charge is 0.258 e. The van der Waals surface area contributed by atoms with E-state index in [-0.39, 0.29) is 24.1 Å². The Balaban J connectivity index is 1.48. The van der Waals surface area contributed by atoms with Gasteiger partial charge >= 0.3 is 0 Å². The first-order valence-electron chi connectivity index (χ1n) is 12.9. The first kappa shape index (κ1) is 25.4. The number of hydrogen-bond donors (Lipinski definition) is 1. The molecule has 0 aliphatic carbocycles. The molecule has 6 heteroatoms.